The molecule has 0 aliphatic carbocycles. The van der Waals surface area contributed by atoms with Crippen molar-refractivity contribution in [2.45, 2.75) is 18.9 Å². The molecule has 2 heterocycles. The van der Waals surface area contributed by atoms with Crippen molar-refractivity contribution in [2.24, 2.45) is 0 Å². The zero-order valence-electron chi connectivity index (χ0n) is 14.4. The van der Waals surface area contributed by atoms with Gasteiger partial charge in [0, 0.05) is 44.0 Å². The zero-order valence-corrected chi connectivity index (χ0v) is 14.4. The number of morpholine rings is 1. The fraction of sp³-hybridized carbons (Fsp3) is 0.526. The summed E-state index contributed by atoms with van der Waals surface area (Å²) in [6.45, 7) is 5.12. The van der Waals surface area contributed by atoms with Crippen molar-refractivity contribution in [3.05, 3.63) is 35.9 Å². The first kappa shape index (κ1) is 17.0. The zero-order chi connectivity index (χ0) is 16.8. The minimum absolute atomic E-state index is 0.104. The van der Waals surface area contributed by atoms with E-state index in [1.54, 1.807) is 6.08 Å². The molecule has 3 rings (SSSR count). The summed E-state index contributed by atoms with van der Waals surface area (Å²) in [5, 5.41) is 3.27. The van der Waals surface area contributed by atoms with Gasteiger partial charge in [0.2, 0.25) is 5.91 Å². The van der Waals surface area contributed by atoms with Gasteiger partial charge in [0.25, 0.3) is 0 Å². The number of anilines is 1. The van der Waals surface area contributed by atoms with Crippen LogP contribution in [0.4, 0.5) is 5.69 Å². The minimum atomic E-state index is 0.104. The van der Waals surface area contributed by atoms with Gasteiger partial charge in [-0.2, -0.15) is 0 Å². The summed E-state index contributed by atoms with van der Waals surface area (Å²) in [5.41, 5.74) is 2.28. The summed E-state index contributed by atoms with van der Waals surface area (Å²) in [7, 11) is 1.96. The van der Waals surface area contributed by atoms with Crippen LogP contribution in [0.15, 0.2) is 30.3 Å². The number of likely N-dealkylation sites (tertiary alicyclic amines) is 1. The van der Waals surface area contributed by atoms with Crippen LogP contribution in [-0.4, -0.2) is 63.3 Å². The first-order chi connectivity index (χ1) is 11.8. The highest BCUT2D eigenvalue weighted by molar-refractivity contribution is 5.91. The first-order valence-electron chi connectivity index (χ1n) is 8.83. The number of amides is 1. The SMILES string of the molecule is CNC1CCCN(C(=O)/C=C/c2ccc(N3CCOCC3)cc2)C1. The van der Waals surface area contributed by atoms with E-state index in [2.05, 4.69) is 34.5 Å². The van der Waals surface area contributed by atoms with E-state index in [1.165, 1.54) is 5.69 Å². The summed E-state index contributed by atoms with van der Waals surface area (Å²) < 4.78 is 5.38. The third-order valence-corrected chi connectivity index (χ3v) is 4.83. The van der Waals surface area contributed by atoms with E-state index in [4.69, 9.17) is 4.74 Å². The van der Waals surface area contributed by atoms with Crippen molar-refractivity contribution in [3.8, 4) is 0 Å². The van der Waals surface area contributed by atoms with Crippen LogP contribution in [0.25, 0.3) is 6.08 Å². The number of ether oxygens (including phenoxy) is 1. The van der Waals surface area contributed by atoms with E-state index in [1.807, 2.05) is 18.0 Å². The quantitative estimate of drug-likeness (QED) is 0.855. The minimum Gasteiger partial charge on any atom is -0.378 e. The molecule has 5 nitrogen and oxygen atoms in total. The molecule has 1 aromatic rings. The summed E-state index contributed by atoms with van der Waals surface area (Å²) in [6.07, 6.45) is 5.82. The lowest BCUT2D eigenvalue weighted by molar-refractivity contribution is -0.127. The molecule has 1 atom stereocenters. The van der Waals surface area contributed by atoms with Gasteiger partial charge in [-0.3, -0.25) is 4.79 Å². The highest BCUT2D eigenvalue weighted by Gasteiger charge is 2.20. The lowest BCUT2D eigenvalue weighted by Crippen LogP contribution is -2.46. The van der Waals surface area contributed by atoms with E-state index in [9.17, 15) is 4.79 Å². The van der Waals surface area contributed by atoms with Crippen molar-refractivity contribution in [3.63, 3.8) is 0 Å². The molecule has 2 saturated heterocycles. The van der Waals surface area contributed by atoms with Crippen LogP contribution < -0.4 is 10.2 Å². The van der Waals surface area contributed by atoms with E-state index in [0.717, 1.165) is 57.8 Å². The van der Waals surface area contributed by atoms with Gasteiger partial charge in [0.15, 0.2) is 0 Å². The maximum atomic E-state index is 12.3. The second-order valence-electron chi connectivity index (χ2n) is 6.44. The monoisotopic (exact) mass is 329 g/mol. The molecule has 0 spiro atoms. The molecule has 0 radical (unpaired) electrons. The summed E-state index contributed by atoms with van der Waals surface area (Å²) >= 11 is 0. The summed E-state index contributed by atoms with van der Waals surface area (Å²) in [5.74, 6) is 0.104. The fourth-order valence-electron chi connectivity index (χ4n) is 3.30. The normalized spacial score (nSPS) is 22.1. The number of hydrogen-bond donors (Lipinski definition) is 1. The fourth-order valence-corrected chi connectivity index (χ4v) is 3.30. The molecule has 130 valence electrons. The van der Waals surface area contributed by atoms with Crippen molar-refractivity contribution in [1.29, 1.82) is 0 Å². The first-order valence-corrected chi connectivity index (χ1v) is 8.83. The largest absolute Gasteiger partial charge is 0.378 e. The molecule has 2 fully saturated rings. The maximum absolute atomic E-state index is 12.3. The van der Waals surface area contributed by atoms with E-state index < -0.39 is 0 Å². The Labute approximate surface area is 144 Å². The number of carbonyl (C=O) groups is 1. The van der Waals surface area contributed by atoms with Crippen LogP contribution in [0.1, 0.15) is 18.4 Å². The molecule has 0 aromatic heterocycles. The summed E-state index contributed by atoms with van der Waals surface area (Å²) in [4.78, 5) is 16.6. The number of rotatable bonds is 4. The van der Waals surface area contributed by atoms with Crippen LogP contribution in [-0.2, 0) is 9.53 Å². The van der Waals surface area contributed by atoms with Crippen molar-refractivity contribution >= 4 is 17.7 Å². The number of hydrogen-bond acceptors (Lipinski definition) is 4. The van der Waals surface area contributed by atoms with Gasteiger partial charge in [-0.15, -0.1) is 0 Å². The molecule has 1 unspecified atom stereocenters. The maximum Gasteiger partial charge on any atom is 0.246 e. The van der Waals surface area contributed by atoms with Gasteiger partial charge in [-0.1, -0.05) is 12.1 Å². The Morgan fingerprint density at radius 3 is 2.67 bits per heavy atom. The van der Waals surface area contributed by atoms with E-state index in [-0.39, 0.29) is 5.91 Å². The molecule has 2 aliphatic rings. The van der Waals surface area contributed by atoms with Crippen LogP contribution in [0.5, 0.6) is 0 Å². The molecule has 24 heavy (non-hydrogen) atoms. The number of likely N-dealkylation sites (N-methyl/N-ethyl adjacent to an activating group) is 1. The lowest BCUT2D eigenvalue weighted by Gasteiger charge is -2.31. The molecule has 0 saturated carbocycles. The van der Waals surface area contributed by atoms with Gasteiger partial charge >= 0.3 is 0 Å². The lowest BCUT2D eigenvalue weighted by atomic mass is 10.1. The number of piperidine rings is 1. The van der Waals surface area contributed by atoms with Crippen LogP contribution in [0.3, 0.4) is 0 Å². The Kier molecular flexibility index (Phi) is 5.88. The Morgan fingerprint density at radius 2 is 1.96 bits per heavy atom. The number of nitrogens with one attached hydrogen (secondary N) is 1. The second-order valence-corrected chi connectivity index (χ2v) is 6.44. The molecule has 1 N–H and O–H groups in total. The summed E-state index contributed by atoms with van der Waals surface area (Å²) in [6, 6.07) is 8.80. The predicted molar refractivity (Wildman–Crippen MR) is 97.2 cm³/mol. The van der Waals surface area contributed by atoms with Crippen molar-refractivity contribution in [1.82, 2.24) is 10.2 Å². The Bertz CT molecular complexity index is 564. The highest BCUT2D eigenvalue weighted by atomic mass is 16.5. The average Bonchev–Trinajstić information content (AvgIpc) is 2.67. The van der Waals surface area contributed by atoms with Crippen LogP contribution >= 0.6 is 0 Å². The topological polar surface area (TPSA) is 44.8 Å². The molecular weight excluding hydrogens is 302 g/mol. The smallest absolute Gasteiger partial charge is 0.246 e. The van der Waals surface area contributed by atoms with E-state index >= 15 is 0 Å². The Balaban J connectivity index is 1.56. The molecule has 5 heteroatoms. The third-order valence-electron chi connectivity index (χ3n) is 4.83. The molecule has 2 aliphatic heterocycles. The van der Waals surface area contributed by atoms with Gasteiger partial charge in [-0.05, 0) is 43.7 Å². The van der Waals surface area contributed by atoms with Gasteiger partial charge in [0.05, 0.1) is 13.2 Å². The van der Waals surface area contributed by atoms with Gasteiger partial charge in [0.1, 0.15) is 0 Å². The molecule has 1 amide bonds. The average molecular weight is 329 g/mol. The third kappa shape index (κ3) is 4.36. The number of carbonyl (C=O) groups excluding carboxylic acids is 1. The van der Waals surface area contributed by atoms with E-state index in [0.29, 0.717) is 6.04 Å². The van der Waals surface area contributed by atoms with Crippen molar-refractivity contribution < 1.29 is 9.53 Å². The molecular formula is C19H27N3O2. The standard InChI is InChI=1S/C19H27N3O2/c1-20-17-3-2-10-22(15-17)19(23)9-6-16-4-7-18(8-5-16)21-11-13-24-14-12-21/h4-9,17,20H,2-3,10-15H2,1H3/b9-6+. The van der Waals surface area contributed by atoms with Gasteiger partial charge < -0.3 is 19.9 Å². The predicted octanol–water partition coefficient (Wildman–Crippen LogP) is 1.75. The second kappa shape index (κ2) is 8.31. The highest BCUT2D eigenvalue weighted by Crippen LogP contribution is 2.17. The van der Waals surface area contributed by atoms with Crippen LogP contribution in [0, 0.1) is 0 Å². The Morgan fingerprint density at radius 1 is 1.21 bits per heavy atom. The van der Waals surface area contributed by atoms with Crippen molar-refractivity contribution in [2.75, 3.05) is 51.3 Å². The van der Waals surface area contributed by atoms with Gasteiger partial charge in [-0.25, -0.2) is 0 Å². The number of benzene rings is 1. The van der Waals surface area contributed by atoms with Crippen LogP contribution in [0.2, 0.25) is 0 Å². The number of nitrogens with zero attached hydrogens (tertiary/aromatic N) is 2. The molecule has 1 aromatic carbocycles. The Hall–Kier alpha value is -1.85. The molecule has 0 bridgehead atoms.